The number of sulfonamides is 1. The largest absolute Gasteiger partial charge is 0.385 e. The zero-order valence-corrected chi connectivity index (χ0v) is 15.9. The van der Waals surface area contributed by atoms with Crippen molar-refractivity contribution >= 4 is 15.9 Å². The molecule has 0 heterocycles. The normalized spacial score (nSPS) is 11.3. The van der Waals surface area contributed by atoms with Crippen molar-refractivity contribution in [3.05, 3.63) is 65.5 Å². The van der Waals surface area contributed by atoms with E-state index in [1.165, 1.54) is 30.3 Å². The minimum atomic E-state index is -3.70. The minimum Gasteiger partial charge on any atom is -0.385 e. The molecule has 0 saturated heterocycles. The molecule has 2 aromatic carbocycles. The third-order valence-electron chi connectivity index (χ3n) is 3.86. The smallest absolute Gasteiger partial charge is 0.251 e. The van der Waals surface area contributed by atoms with Gasteiger partial charge in [-0.2, -0.15) is 0 Å². The second-order valence-electron chi connectivity index (χ2n) is 5.87. The highest BCUT2D eigenvalue weighted by molar-refractivity contribution is 7.89. The maximum Gasteiger partial charge on any atom is 0.251 e. The molecule has 2 rings (SSSR count). The fourth-order valence-electron chi connectivity index (χ4n) is 2.42. The van der Waals surface area contributed by atoms with E-state index in [4.69, 9.17) is 4.74 Å². The maximum atomic E-state index is 13.6. The molecule has 8 heteroatoms. The molecule has 0 atom stereocenters. The second kappa shape index (κ2) is 10.1. The Morgan fingerprint density at radius 2 is 1.89 bits per heavy atom. The lowest BCUT2D eigenvalue weighted by Gasteiger charge is -2.09. The number of benzene rings is 2. The minimum absolute atomic E-state index is 0.0154. The number of nitrogens with one attached hydrogen (secondary N) is 2. The number of methoxy groups -OCH3 is 1. The van der Waals surface area contributed by atoms with Crippen molar-refractivity contribution in [1.82, 2.24) is 10.0 Å². The first-order valence-corrected chi connectivity index (χ1v) is 10.0. The van der Waals surface area contributed by atoms with E-state index in [2.05, 4.69) is 10.0 Å². The molecule has 27 heavy (non-hydrogen) atoms. The van der Waals surface area contributed by atoms with Gasteiger partial charge in [0, 0.05) is 32.4 Å². The number of amides is 1. The monoisotopic (exact) mass is 394 g/mol. The number of rotatable bonds is 10. The van der Waals surface area contributed by atoms with Gasteiger partial charge in [-0.25, -0.2) is 17.5 Å². The van der Waals surface area contributed by atoms with Crippen LogP contribution >= 0.6 is 0 Å². The molecule has 0 fully saturated rings. The third kappa shape index (κ3) is 6.42. The Morgan fingerprint density at radius 3 is 2.63 bits per heavy atom. The number of halogens is 1. The van der Waals surface area contributed by atoms with Crippen LogP contribution in [-0.4, -0.2) is 41.1 Å². The predicted molar refractivity (Wildman–Crippen MR) is 101 cm³/mol. The van der Waals surface area contributed by atoms with Crippen molar-refractivity contribution in [2.75, 3.05) is 26.8 Å². The highest BCUT2D eigenvalue weighted by atomic mass is 32.2. The maximum absolute atomic E-state index is 13.6. The third-order valence-corrected chi connectivity index (χ3v) is 5.32. The summed E-state index contributed by atoms with van der Waals surface area (Å²) in [4.78, 5) is 12.3. The first kappa shape index (κ1) is 21.0. The second-order valence-corrected chi connectivity index (χ2v) is 7.64. The molecule has 1 amide bonds. The highest BCUT2D eigenvalue weighted by Crippen LogP contribution is 2.12. The van der Waals surface area contributed by atoms with Crippen LogP contribution in [0.4, 0.5) is 4.39 Å². The van der Waals surface area contributed by atoms with Gasteiger partial charge in [0.1, 0.15) is 5.82 Å². The molecule has 146 valence electrons. The SMILES string of the molecule is COCCCNS(=O)(=O)c1cccc(C(=O)NCCc2ccccc2F)c1. The Bertz CT molecular complexity index is 872. The van der Waals surface area contributed by atoms with Crippen LogP contribution in [0.25, 0.3) is 0 Å². The van der Waals surface area contributed by atoms with E-state index in [0.29, 0.717) is 25.0 Å². The quantitative estimate of drug-likeness (QED) is 0.605. The summed E-state index contributed by atoms with van der Waals surface area (Å²) in [5.41, 5.74) is 0.734. The molecule has 6 nitrogen and oxygen atoms in total. The van der Waals surface area contributed by atoms with Crippen molar-refractivity contribution in [2.24, 2.45) is 0 Å². The Morgan fingerprint density at radius 1 is 1.11 bits per heavy atom. The number of ether oxygens (including phenoxy) is 1. The van der Waals surface area contributed by atoms with E-state index in [0.717, 1.165) is 0 Å². The van der Waals surface area contributed by atoms with Crippen molar-refractivity contribution in [3.63, 3.8) is 0 Å². The first-order chi connectivity index (χ1) is 12.9. The van der Waals surface area contributed by atoms with E-state index < -0.39 is 15.9 Å². The number of hydrogen-bond acceptors (Lipinski definition) is 4. The van der Waals surface area contributed by atoms with Crippen LogP contribution in [0, 0.1) is 5.82 Å². The van der Waals surface area contributed by atoms with Crippen molar-refractivity contribution in [2.45, 2.75) is 17.7 Å². The van der Waals surface area contributed by atoms with E-state index in [1.54, 1.807) is 25.3 Å². The molecule has 0 bridgehead atoms. The lowest BCUT2D eigenvalue weighted by Crippen LogP contribution is -2.28. The number of hydrogen-bond donors (Lipinski definition) is 2. The number of carbonyl (C=O) groups is 1. The van der Waals surface area contributed by atoms with Crippen molar-refractivity contribution in [1.29, 1.82) is 0 Å². The zero-order valence-electron chi connectivity index (χ0n) is 15.1. The summed E-state index contributed by atoms with van der Waals surface area (Å²) in [5, 5.41) is 2.68. The fraction of sp³-hybridized carbons (Fsp3) is 0.316. The van der Waals surface area contributed by atoms with E-state index in [9.17, 15) is 17.6 Å². The number of carbonyl (C=O) groups excluding carboxylic acids is 1. The molecule has 0 aliphatic rings. The molecule has 0 aliphatic carbocycles. The summed E-state index contributed by atoms with van der Waals surface area (Å²) in [7, 11) is -2.16. The first-order valence-electron chi connectivity index (χ1n) is 8.54. The summed E-state index contributed by atoms with van der Waals surface area (Å²) in [6.45, 7) is 0.939. The van der Waals surface area contributed by atoms with Crippen LogP contribution in [-0.2, 0) is 21.2 Å². The Hall–Kier alpha value is -2.29. The van der Waals surface area contributed by atoms with Gasteiger partial charge in [-0.15, -0.1) is 0 Å². The van der Waals surface area contributed by atoms with Gasteiger partial charge < -0.3 is 10.1 Å². The Balaban J connectivity index is 1.95. The average molecular weight is 394 g/mol. The van der Waals surface area contributed by atoms with Gasteiger partial charge in [0.05, 0.1) is 4.90 Å². The molecule has 0 aliphatic heterocycles. The summed E-state index contributed by atoms with van der Waals surface area (Å²) >= 11 is 0. The van der Waals surface area contributed by atoms with Gasteiger partial charge in [0.25, 0.3) is 5.91 Å². The van der Waals surface area contributed by atoms with Gasteiger partial charge in [0.15, 0.2) is 0 Å². The van der Waals surface area contributed by atoms with E-state index >= 15 is 0 Å². The van der Waals surface area contributed by atoms with Crippen LogP contribution in [0.2, 0.25) is 0 Å². The average Bonchev–Trinajstić information content (AvgIpc) is 2.67. The molecular formula is C19H23FN2O4S. The van der Waals surface area contributed by atoms with E-state index in [-0.39, 0.29) is 29.4 Å². The van der Waals surface area contributed by atoms with Crippen LogP contribution < -0.4 is 10.0 Å². The predicted octanol–water partition coefficient (Wildman–Crippen LogP) is 2.11. The molecule has 0 radical (unpaired) electrons. The van der Waals surface area contributed by atoms with Crippen molar-refractivity contribution in [3.8, 4) is 0 Å². The van der Waals surface area contributed by atoms with Crippen LogP contribution in [0.15, 0.2) is 53.4 Å². The Kier molecular flexibility index (Phi) is 7.90. The summed E-state index contributed by atoms with van der Waals surface area (Å²) in [5.74, 6) is -0.734. The van der Waals surface area contributed by atoms with Gasteiger partial charge in [-0.3, -0.25) is 4.79 Å². The van der Waals surface area contributed by atoms with Gasteiger partial charge >= 0.3 is 0 Å². The molecule has 2 aromatic rings. The van der Waals surface area contributed by atoms with E-state index in [1.807, 2.05) is 0 Å². The van der Waals surface area contributed by atoms with Crippen LogP contribution in [0.1, 0.15) is 22.3 Å². The lowest BCUT2D eigenvalue weighted by atomic mass is 10.1. The molecule has 0 aromatic heterocycles. The molecule has 0 saturated carbocycles. The molecule has 0 spiro atoms. The van der Waals surface area contributed by atoms with Crippen molar-refractivity contribution < 1.29 is 22.3 Å². The molecular weight excluding hydrogens is 371 g/mol. The Labute approximate surface area is 158 Å². The zero-order chi connectivity index (χ0) is 19.7. The summed E-state index contributed by atoms with van der Waals surface area (Å²) in [6.07, 6.45) is 0.892. The lowest BCUT2D eigenvalue weighted by molar-refractivity contribution is 0.0954. The van der Waals surface area contributed by atoms with Crippen LogP contribution in [0.3, 0.4) is 0 Å². The molecule has 0 unspecified atom stereocenters. The highest BCUT2D eigenvalue weighted by Gasteiger charge is 2.15. The van der Waals surface area contributed by atoms with Gasteiger partial charge in [-0.05, 0) is 42.7 Å². The van der Waals surface area contributed by atoms with Gasteiger partial charge in [0.2, 0.25) is 10.0 Å². The summed E-state index contributed by atoms with van der Waals surface area (Å²) in [6, 6.07) is 12.1. The standard InChI is InChI=1S/C19H23FN2O4S/c1-26-13-5-11-22-27(24,25)17-8-4-7-16(14-17)19(23)21-12-10-15-6-2-3-9-18(15)20/h2-4,6-9,14,22H,5,10-13H2,1H3,(H,21,23). The summed E-state index contributed by atoms with van der Waals surface area (Å²) < 4.78 is 45.5. The molecule has 2 N–H and O–H groups in total. The van der Waals surface area contributed by atoms with Gasteiger partial charge in [-0.1, -0.05) is 24.3 Å². The fourth-order valence-corrected chi connectivity index (χ4v) is 3.54. The topological polar surface area (TPSA) is 84.5 Å². The van der Waals surface area contributed by atoms with Crippen LogP contribution in [0.5, 0.6) is 0 Å².